The molecular formula is C18H17FN2O4S. The van der Waals surface area contributed by atoms with Gasteiger partial charge in [0.2, 0.25) is 0 Å². The topological polar surface area (TPSA) is 86.7 Å². The number of thiophene rings is 1. The first-order valence-corrected chi connectivity index (χ1v) is 8.87. The van der Waals surface area contributed by atoms with Gasteiger partial charge in [0.15, 0.2) is 0 Å². The Balaban J connectivity index is 1.77. The van der Waals surface area contributed by atoms with E-state index >= 15 is 0 Å². The molecule has 1 heterocycles. The molecule has 8 heteroatoms. The summed E-state index contributed by atoms with van der Waals surface area (Å²) in [7, 11) is 0. The van der Waals surface area contributed by atoms with Crippen molar-refractivity contribution in [2.45, 2.75) is 25.8 Å². The number of benzene rings is 1. The van der Waals surface area contributed by atoms with E-state index in [4.69, 9.17) is 5.11 Å². The molecule has 1 saturated carbocycles. The summed E-state index contributed by atoms with van der Waals surface area (Å²) in [6, 6.07) is 6.93. The van der Waals surface area contributed by atoms with Gasteiger partial charge in [-0.05, 0) is 49.6 Å². The number of amides is 2. The van der Waals surface area contributed by atoms with Crippen LogP contribution in [0.25, 0.3) is 0 Å². The number of carboxylic acids is 1. The smallest absolute Gasteiger partial charge is 0.323 e. The van der Waals surface area contributed by atoms with Crippen LogP contribution in [0.15, 0.2) is 30.3 Å². The van der Waals surface area contributed by atoms with Crippen LogP contribution in [-0.4, -0.2) is 40.4 Å². The SMILES string of the molecule is Cc1cc(NC(=O)c2cccc(F)c2)sc1C(=O)N(CC(=O)O)C1CC1. The number of hydrogen-bond acceptors (Lipinski definition) is 4. The Morgan fingerprint density at radius 1 is 1.31 bits per heavy atom. The summed E-state index contributed by atoms with van der Waals surface area (Å²) >= 11 is 1.09. The predicted octanol–water partition coefficient (Wildman–Crippen LogP) is 3.14. The molecule has 26 heavy (non-hydrogen) atoms. The van der Waals surface area contributed by atoms with Gasteiger partial charge in [0.25, 0.3) is 11.8 Å². The first-order chi connectivity index (χ1) is 12.3. The van der Waals surface area contributed by atoms with Crippen LogP contribution in [0.5, 0.6) is 0 Å². The maximum atomic E-state index is 13.2. The molecule has 0 atom stereocenters. The van der Waals surface area contributed by atoms with Crippen molar-refractivity contribution in [2.75, 3.05) is 11.9 Å². The van der Waals surface area contributed by atoms with Gasteiger partial charge in [0.1, 0.15) is 12.4 Å². The quantitative estimate of drug-likeness (QED) is 0.811. The highest BCUT2D eigenvalue weighted by atomic mass is 32.1. The fourth-order valence-electron chi connectivity index (χ4n) is 2.60. The van der Waals surface area contributed by atoms with Crippen LogP contribution in [0.3, 0.4) is 0 Å². The van der Waals surface area contributed by atoms with Crippen molar-refractivity contribution in [1.29, 1.82) is 0 Å². The third-order valence-electron chi connectivity index (χ3n) is 3.99. The lowest BCUT2D eigenvalue weighted by atomic mass is 10.2. The van der Waals surface area contributed by atoms with Gasteiger partial charge in [0, 0.05) is 11.6 Å². The zero-order chi connectivity index (χ0) is 18.8. The number of anilines is 1. The van der Waals surface area contributed by atoms with E-state index in [1.54, 1.807) is 13.0 Å². The van der Waals surface area contributed by atoms with Gasteiger partial charge < -0.3 is 15.3 Å². The van der Waals surface area contributed by atoms with Crippen LogP contribution in [0.2, 0.25) is 0 Å². The number of carbonyl (C=O) groups excluding carboxylic acids is 2. The Morgan fingerprint density at radius 2 is 2.04 bits per heavy atom. The van der Waals surface area contributed by atoms with Crippen molar-refractivity contribution < 1.29 is 23.9 Å². The molecular weight excluding hydrogens is 359 g/mol. The number of nitrogens with one attached hydrogen (secondary N) is 1. The summed E-state index contributed by atoms with van der Waals surface area (Å²) in [6.07, 6.45) is 1.60. The van der Waals surface area contributed by atoms with Gasteiger partial charge in [0.05, 0.1) is 9.88 Å². The minimum absolute atomic E-state index is 0.0366. The van der Waals surface area contributed by atoms with Crippen molar-refractivity contribution in [3.8, 4) is 0 Å². The first-order valence-electron chi connectivity index (χ1n) is 8.05. The summed E-state index contributed by atoms with van der Waals surface area (Å²) in [4.78, 5) is 37.7. The van der Waals surface area contributed by atoms with E-state index < -0.39 is 17.7 Å². The highest BCUT2D eigenvalue weighted by Gasteiger charge is 2.35. The summed E-state index contributed by atoms with van der Waals surface area (Å²) < 4.78 is 13.2. The molecule has 1 fully saturated rings. The Kier molecular flexibility index (Phi) is 5.03. The predicted molar refractivity (Wildman–Crippen MR) is 95.1 cm³/mol. The third-order valence-corrected chi connectivity index (χ3v) is 5.13. The number of aryl methyl sites for hydroxylation is 1. The van der Waals surface area contributed by atoms with Gasteiger partial charge in [-0.3, -0.25) is 14.4 Å². The Morgan fingerprint density at radius 3 is 2.65 bits per heavy atom. The lowest BCUT2D eigenvalue weighted by Crippen LogP contribution is -2.37. The van der Waals surface area contributed by atoms with Gasteiger partial charge in [-0.1, -0.05) is 6.07 Å². The van der Waals surface area contributed by atoms with E-state index in [0.717, 1.165) is 30.2 Å². The molecule has 136 valence electrons. The van der Waals surface area contributed by atoms with Crippen molar-refractivity contribution in [2.24, 2.45) is 0 Å². The van der Waals surface area contributed by atoms with Crippen molar-refractivity contribution in [1.82, 2.24) is 4.90 Å². The fraction of sp³-hybridized carbons (Fsp3) is 0.278. The van der Waals surface area contributed by atoms with E-state index in [9.17, 15) is 18.8 Å². The van der Waals surface area contributed by atoms with Crippen LogP contribution < -0.4 is 5.32 Å². The zero-order valence-corrected chi connectivity index (χ0v) is 14.8. The molecule has 1 aromatic heterocycles. The summed E-state index contributed by atoms with van der Waals surface area (Å²) in [5, 5.41) is 12.1. The number of carbonyl (C=O) groups is 3. The lowest BCUT2D eigenvalue weighted by molar-refractivity contribution is -0.137. The van der Waals surface area contributed by atoms with Crippen LogP contribution >= 0.6 is 11.3 Å². The molecule has 0 aliphatic heterocycles. The highest BCUT2D eigenvalue weighted by molar-refractivity contribution is 7.18. The average Bonchev–Trinajstić information content (AvgIpc) is 3.35. The second kappa shape index (κ2) is 7.25. The minimum Gasteiger partial charge on any atom is -0.480 e. The number of carboxylic acid groups (broad SMARTS) is 1. The van der Waals surface area contributed by atoms with Crippen LogP contribution in [0.1, 0.15) is 38.4 Å². The Hall–Kier alpha value is -2.74. The van der Waals surface area contributed by atoms with Crippen molar-refractivity contribution >= 4 is 34.1 Å². The lowest BCUT2D eigenvalue weighted by Gasteiger charge is -2.19. The van der Waals surface area contributed by atoms with Gasteiger partial charge >= 0.3 is 5.97 Å². The molecule has 1 aromatic carbocycles. The summed E-state index contributed by atoms with van der Waals surface area (Å²) in [5.74, 6) is -2.39. The second-order valence-electron chi connectivity index (χ2n) is 6.15. The summed E-state index contributed by atoms with van der Waals surface area (Å²) in [5.41, 5.74) is 0.833. The molecule has 0 radical (unpaired) electrons. The summed E-state index contributed by atoms with van der Waals surface area (Å²) in [6.45, 7) is 1.39. The molecule has 2 aromatic rings. The molecule has 3 rings (SSSR count). The van der Waals surface area contributed by atoms with Crippen LogP contribution in [-0.2, 0) is 4.79 Å². The average molecular weight is 376 g/mol. The van der Waals surface area contributed by atoms with E-state index in [2.05, 4.69) is 5.32 Å². The minimum atomic E-state index is -1.06. The largest absolute Gasteiger partial charge is 0.480 e. The Labute approximate surface area is 153 Å². The maximum Gasteiger partial charge on any atom is 0.323 e. The fourth-order valence-corrected chi connectivity index (χ4v) is 3.62. The maximum absolute atomic E-state index is 13.2. The van der Waals surface area contributed by atoms with E-state index in [0.29, 0.717) is 15.4 Å². The van der Waals surface area contributed by atoms with Crippen LogP contribution in [0, 0.1) is 12.7 Å². The molecule has 1 aliphatic carbocycles. The van der Waals surface area contributed by atoms with E-state index in [1.165, 1.54) is 23.1 Å². The molecule has 0 spiro atoms. The van der Waals surface area contributed by atoms with Crippen molar-refractivity contribution in [3.05, 3.63) is 52.2 Å². The van der Waals surface area contributed by atoms with Gasteiger partial charge in [-0.25, -0.2) is 4.39 Å². The van der Waals surface area contributed by atoms with Crippen LogP contribution in [0.4, 0.5) is 9.39 Å². The highest BCUT2D eigenvalue weighted by Crippen LogP contribution is 2.33. The van der Waals surface area contributed by atoms with E-state index in [1.807, 2.05) is 0 Å². The zero-order valence-electron chi connectivity index (χ0n) is 14.0. The molecule has 2 amide bonds. The normalized spacial score (nSPS) is 13.3. The van der Waals surface area contributed by atoms with Gasteiger partial charge in [-0.15, -0.1) is 11.3 Å². The number of aliphatic carboxylic acids is 1. The third kappa shape index (κ3) is 4.08. The standard InChI is InChI=1S/C18H17FN2O4S/c1-10-7-14(20-17(24)11-3-2-4-12(19)8-11)26-16(10)18(25)21(9-15(22)23)13-5-6-13/h2-4,7-8,13H,5-6,9H2,1H3,(H,20,24)(H,22,23). The molecule has 0 unspecified atom stereocenters. The molecule has 6 nitrogen and oxygen atoms in total. The second-order valence-corrected chi connectivity index (χ2v) is 7.20. The molecule has 0 bridgehead atoms. The molecule has 1 aliphatic rings. The molecule has 2 N–H and O–H groups in total. The number of nitrogens with zero attached hydrogens (tertiary/aromatic N) is 1. The Bertz CT molecular complexity index is 876. The number of hydrogen-bond donors (Lipinski definition) is 2. The first kappa shape index (κ1) is 18.1. The molecule has 0 saturated heterocycles. The van der Waals surface area contributed by atoms with Gasteiger partial charge in [-0.2, -0.15) is 0 Å². The number of rotatable bonds is 6. The number of halogens is 1. The van der Waals surface area contributed by atoms with Crippen molar-refractivity contribution in [3.63, 3.8) is 0 Å². The monoisotopic (exact) mass is 376 g/mol. The van der Waals surface area contributed by atoms with E-state index in [-0.39, 0.29) is 24.1 Å².